The first kappa shape index (κ1) is 20.7. The molecule has 3 N–H and O–H groups in total. The fourth-order valence-corrected chi connectivity index (χ4v) is 3.68. The van der Waals surface area contributed by atoms with Gasteiger partial charge >= 0.3 is 0 Å². The van der Waals surface area contributed by atoms with Crippen molar-refractivity contribution >= 4 is 28.9 Å². The van der Waals surface area contributed by atoms with Gasteiger partial charge in [-0.1, -0.05) is 12.1 Å². The smallest absolute Gasteiger partial charge is 0.272 e. The van der Waals surface area contributed by atoms with Crippen LogP contribution in [0.5, 0.6) is 0 Å². The molecular weight excluding hydrogens is 416 g/mol. The fourth-order valence-electron chi connectivity index (χ4n) is 3.68. The van der Waals surface area contributed by atoms with E-state index in [0.29, 0.717) is 17.3 Å². The van der Waals surface area contributed by atoms with Gasteiger partial charge in [0.2, 0.25) is 5.95 Å². The van der Waals surface area contributed by atoms with Crippen molar-refractivity contribution in [1.29, 1.82) is 0 Å². The summed E-state index contributed by atoms with van der Waals surface area (Å²) in [6, 6.07) is 21.2. The number of benzene rings is 2. The summed E-state index contributed by atoms with van der Waals surface area (Å²) in [5.41, 5.74) is 5.06. The second-order valence-electron chi connectivity index (χ2n) is 7.65. The van der Waals surface area contributed by atoms with E-state index in [-0.39, 0.29) is 5.91 Å². The maximum Gasteiger partial charge on any atom is 0.272 e. The van der Waals surface area contributed by atoms with Gasteiger partial charge in [0.15, 0.2) is 0 Å². The average molecular weight is 441 g/mol. The van der Waals surface area contributed by atoms with Crippen LogP contribution in [0.25, 0.3) is 11.3 Å². The molecule has 0 atom stereocenters. The minimum atomic E-state index is -0.180. The van der Waals surface area contributed by atoms with E-state index in [1.807, 2.05) is 42.5 Å². The lowest BCUT2D eigenvalue weighted by atomic mass is 10.1. The summed E-state index contributed by atoms with van der Waals surface area (Å²) in [4.78, 5) is 26.4. The van der Waals surface area contributed by atoms with Crippen molar-refractivity contribution in [3.8, 4) is 11.3 Å². The molecule has 1 saturated heterocycles. The van der Waals surface area contributed by atoms with E-state index in [0.717, 1.165) is 43.2 Å². The number of amides is 1. The molecule has 0 saturated carbocycles. The number of hydrogen-bond acceptors (Lipinski definition) is 6. The second kappa shape index (κ2) is 9.54. The minimum absolute atomic E-state index is 0.180. The van der Waals surface area contributed by atoms with E-state index in [1.165, 1.54) is 5.69 Å². The van der Waals surface area contributed by atoms with Gasteiger partial charge < -0.3 is 25.3 Å². The maximum atomic E-state index is 12.2. The van der Waals surface area contributed by atoms with Gasteiger partial charge in [-0.05, 0) is 54.6 Å². The molecule has 1 aliphatic rings. The van der Waals surface area contributed by atoms with Crippen LogP contribution in [0.3, 0.4) is 0 Å². The summed E-state index contributed by atoms with van der Waals surface area (Å²) in [5, 5.41) is 6.14. The molecule has 166 valence electrons. The third kappa shape index (κ3) is 5.02. The zero-order chi connectivity index (χ0) is 22.5. The van der Waals surface area contributed by atoms with E-state index in [9.17, 15) is 4.79 Å². The van der Waals surface area contributed by atoms with Crippen LogP contribution in [-0.4, -0.2) is 47.2 Å². The number of anilines is 4. The van der Waals surface area contributed by atoms with Gasteiger partial charge in [0.25, 0.3) is 5.91 Å². The topological polar surface area (TPSA) is 95.2 Å². The number of carbonyl (C=O) groups is 1. The van der Waals surface area contributed by atoms with E-state index in [1.54, 1.807) is 24.5 Å². The lowest BCUT2D eigenvalue weighted by molar-refractivity contribution is 0.102. The molecule has 3 heterocycles. The van der Waals surface area contributed by atoms with Crippen LogP contribution >= 0.6 is 0 Å². The molecule has 33 heavy (non-hydrogen) atoms. The van der Waals surface area contributed by atoms with Crippen LogP contribution in [0.4, 0.5) is 23.0 Å². The van der Waals surface area contributed by atoms with E-state index in [4.69, 9.17) is 4.74 Å². The monoisotopic (exact) mass is 440 g/mol. The van der Waals surface area contributed by atoms with Crippen molar-refractivity contribution < 1.29 is 9.53 Å². The van der Waals surface area contributed by atoms with Crippen LogP contribution in [0.2, 0.25) is 0 Å². The lowest BCUT2D eigenvalue weighted by Gasteiger charge is -2.28. The Hall–Kier alpha value is -4.17. The van der Waals surface area contributed by atoms with Crippen molar-refractivity contribution in [2.45, 2.75) is 0 Å². The van der Waals surface area contributed by atoms with Crippen LogP contribution in [0.15, 0.2) is 79.1 Å². The molecule has 1 fully saturated rings. The molecule has 0 radical (unpaired) electrons. The number of H-pyrrole nitrogens is 1. The molecule has 1 amide bonds. The molecule has 0 bridgehead atoms. The van der Waals surface area contributed by atoms with E-state index >= 15 is 0 Å². The van der Waals surface area contributed by atoms with Crippen molar-refractivity contribution in [2.24, 2.45) is 0 Å². The Morgan fingerprint density at radius 2 is 1.70 bits per heavy atom. The van der Waals surface area contributed by atoms with Gasteiger partial charge in [0, 0.05) is 48.1 Å². The largest absolute Gasteiger partial charge is 0.378 e. The third-order valence-electron chi connectivity index (χ3n) is 5.44. The summed E-state index contributed by atoms with van der Waals surface area (Å²) in [7, 11) is 0. The number of aromatic nitrogens is 3. The number of rotatable bonds is 6. The molecule has 0 aliphatic carbocycles. The summed E-state index contributed by atoms with van der Waals surface area (Å²) in [6.07, 6.45) is 3.45. The zero-order valence-corrected chi connectivity index (χ0v) is 18.0. The molecule has 0 unspecified atom stereocenters. The standard InChI is InChI=1S/C25H24N6O2/c32-24(23-2-1-12-26-23)28-19-5-3-18(4-6-19)22-11-13-27-25(30-22)29-20-7-9-21(10-8-20)31-14-16-33-17-15-31/h1-13,26H,14-17H2,(H,28,32)(H,27,29,30). The molecule has 1 aliphatic heterocycles. The highest BCUT2D eigenvalue weighted by Gasteiger charge is 2.11. The molecule has 2 aromatic carbocycles. The van der Waals surface area contributed by atoms with Gasteiger partial charge in [0.05, 0.1) is 18.9 Å². The van der Waals surface area contributed by atoms with Crippen molar-refractivity contribution in [3.05, 3.63) is 84.8 Å². The normalized spacial score (nSPS) is 13.5. The van der Waals surface area contributed by atoms with Crippen molar-refractivity contribution in [1.82, 2.24) is 15.0 Å². The Morgan fingerprint density at radius 1 is 0.939 bits per heavy atom. The Balaban J connectivity index is 1.24. The first-order chi connectivity index (χ1) is 16.2. The van der Waals surface area contributed by atoms with Gasteiger partial charge in [0.1, 0.15) is 5.69 Å². The SMILES string of the molecule is O=C(Nc1ccc(-c2ccnc(Nc3ccc(N4CCOCC4)cc3)n2)cc1)c1ccc[nH]1. The highest BCUT2D eigenvalue weighted by atomic mass is 16.5. The number of aromatic amines is 1. The lowest BCUT2D eigenvalue weighted by Crippen LogP contribution is -2.36. The van der Waals surface area contributed by atoms with Crippen LogP contribution in [0, 0.1) is 0 Å². The summed E-state index contributed by atoms with van der Waals surface area (Å²) in [6.45, 7) is 3.35. The Morgan fingerprint density at radius 3 is 2.42 bits per heavy atom. The maximum absolute atomic E-state index is 12.2. The van der Waals surface area contributed by atoms with Crippen molar-refractivity contribution in [3.63, 3.8) is 0 Å². The van der Waals surface area contributed by atoms with E-state index < -0.39 is 0 Å². The zero-order valence-electron chi connectivity index (χ0n) is 18.0. The van der Waals surface area contributed by atoms with Gasteiger partial charge in [-0.3, -0.25) is 4.79 Å². The summed E-state index contributed by atoms with van der Waals surface area (Å²) in [5.74, 6) is 0.344. The summed E-state index contributed by atoms with van der Waals surface area (Å²) >= 11 is 0. The molecule has 4 aromatic rings. The molecule has 0 spiro atoms. The predicted molar refractivity (Wildman–Crippen MR) is 129 cm³/mol. The van der Waals surface area contributed by atoms with Crippen LogP contribution < -0.4 is 15.5 Å². The number of carbonyl (C=O) groups excluding carboxylic acids is 1. The first-order valence-electron chi connectivity index (χ1n) is 10.8. The molecular formula is C25H24N6O2. The Labute approximate surface area is 191 Å². The number of nitrogens with zero attached hydrogens (tertiary/aromatic N) is 3. The quantitative estimate of drug-likeness (QED) is 0.414. The molecule has 2 aromatic heterocycles. The fraction of sp³-hybridized carbons (Fsp3) is 0.160. The predicted octanol–water partition coefficient (Wildman–Crippen LogP) is 4.30. The number of nitrogens with one attached hydrogen (secondary N) is 3. The number of ether oxygens (including phenoxy) is 1. The molecule has 8 nitrogen and oxygen atoms in total. The van der Waals surface area contributed by atoms with E-state index in [2.05, 4.69) is 42.6 Å². The minimum Gasteiger partial charge on any atom is -0.378 e. The summed E-state index contributed by atoms with van der Waals surface area (Å²) < 4.78 is 5.42. The van der Waals surface area contributed by atoms with Crippen molar-refractivity contribution in [2.75, 3.05) is 41.8 Å². The van der Waals surface area contributed by atoms with Gasteiger partial charge in [-0.15, -0.1) is 0 Å². The van der Waals surface area contributed by atoms with Crippen LogP contribution in [0.1, 0.15) is 10.5 Å². The average Bonchev–Trinajstić information content (AvgIpc) is 3.41. The Bertz CT molecular complexity index is 1200. The Kier molecular flexibility index (Phi) is 5.99. The van der Waals surface area contributed by atoms with Gasteiger partial charge in [-0.25, -0.2) is 9.97 Å². The van der Waals surface area contributed by atoms with Crippen LogP contribution in [-0.2, 0) is 4.74 Å². The molecule has 5 rings (SSSR count). The first-order valence-corrected chi connectivity index (χ1v) is 10.8. The third-order valence-corrected chi connectivity index (χ3v) is 5.44. The molecule has 8 heteroatoms. The highest BCUT2D eigenvalue weighted by molar-refractivity contribution is 6.03. The number of morpholine rings is 1. The highest BCUT2D eigenvalue weighted by Crippen LogP contribution is 2.23. The number of hydrogen-bond donors (Lipinski definition) is 3. The second-order valence-corrected chi connectivity index (χ2v) is 7.65. The van der Waals surface area contributed by atoms with Gasteiger partial charge in [-0.2, -0.15) is 0 Å².